The molecule has 26 heavy (non-hydrogen) atoms. The average Bonchev–Trinajstić information content (AvgIpc) is 3.13. The van der Waals surface area contributed by atoms with Gasteiger partial charge < -0.3 is 20.1 Å². The number of hydrogen-bond acceptors (Lipinski definition) is 5. The maximum atomic E-state index is 12.8. The number of urea groups is 1. The summed E-state index contributed by atoms with van der Waals surface area (Å²) >= 11 is 0. The number of fused-ring (bicyclic) bond motifs is 1. The monoisotopic (exact) mass is 361 g/mol. The van der Waals surface area contributed by atoms with Crippen molar-refractivity contribution in [1.29, 1.82) is 0 Å². The molecule has 2 heterocycles. The van der Waals surface area contributed by atoms with E-state index in [1.165, 1.54) is 0 Å². The number of ether oxygens (including phenoxy) is 2. The molecule has 1 aromatic rings. The van der Waals surface area contributed by atoms with Crippen LogP contribution >= 0.6 is 0 Å². The first kappa shape index (κ1) is 18.0. The van der Waals surface area contributed by atoms with Gasteiger partial charge in [-0.05, 0) is 37.0 Å². The molecule has 2 N–H and O–H groups in total. The van der Waals surface area contributed by atoms with Crippen LogP contribution in [0.3, 0.4) is 0 Å². The molecule has 0 radical (unpaired) electrons. The molecule has 4 amide bonds. The largest absolute Gasteiger partial charge is 0.454 e. The zero-order valence-electron chi connectivity index (χ0n) is 15.1. The van der Waals surface area contributed by atoms with Gasteiger partial charge in [-0.2, -0.15) is 0 Å². The second kappa shape index (κ2) is 6.86. The second-order valence-electron chi connectivity index (χ2n) is 7.05. The maximum absolute atomic E-state index is 12.8. The molecular weight excluding hydrogens is 338 g/mol. The third-order valence-electron chi connectivity index (χ3n) is 4.57. The summed E-state index contributed by atoms with van der Waals surface area (Å²) in [6.07, 6.45) is 0.834. The van der Waals surface area contributed by atoms with Crippen LogP contribution in [0.4, 0.5) is 4.79 Å². The fraction of sp³-hybridized carbons (Fsp3) is 0.500. The Hall–Kier alpha value is -2.77. The summed E-state index contributed by atoms with van der Waals surface area (Å²) in [6.45, 7) is 6.06. The lowest BCUT2D eigenvalue weighted by molar-refractivity contribution is -0.134. The first-order valence-corrected chi connectivity index (χ1v) is 8.62. The smallest absolute Gasteiger partial charge is 0.325 e. The molecule has 140 valence electrons. The summed E-state index contributed by atoms with van der Waals surface area (Å²) < 4.78 is 10.6. The van der Waals surface area contributed by atoms with Crippen molar-refractivity contribution < 1.29 is 23.9 Å². The van der Waals surface area contributed by atoms with Crippen molar-refractivity contribution in [2.24, 2.45) is 5.92 Å². The lowest BCUT2D eigenvalue weighted by Crippen LogP contribution is -2.43. The van der Waals surface area contributed by atoms with E-state index in [0.29, 0.717) is 29.5 Å². The number of hydrogen-bond donors (Lipinski definition) is 2. The summed E-state index contributed by atoms with van der Waals surface area (Å²) in [7, 11) is 0. The Morgan fingerprint density at radius 3 is 2.77 bits per heavy atom. The van der Waals surface area contributed by atoms with Crippen LogP contribution in [0.25, 0.3) is 0 Å². The van der Waals surface area contributed by atoms with E-state index in [-0.39, 0.29) is 19.2 Å². The van der Waals surface area contributed by atoms with Crippen LogP contribution in [-0.4, -0.2) is 42.6 Å². The Balaban J connectivity index is 1.70. The van der Waals surface area contributed by atoms with Crippen LogP contribution in [-0.2, 0) is 15.1 Å². The summed E-state index contributed by atoms with van der Waals surface area (Å²) in [4.78, 5) is 38.1. The van der Waals surface area contributed by atoms with Crippen molar-refractivity contribution in [3.63, 3.8) is 0 Å². The predicted molar refractivity (Wildman–Crippen MR) is 92.6 cm³/mol. The van der Waals surface area contributed by atoms with Gasteiger partial charge in [0.05, 0.1) is 0 Å². The van der Waals surface area contributed by atoms with Crippen molar-refractivity contribution >= 4 is 17.8 Å². The van der Waals surface area contributed by atoms with Crippen molar-refractivity contribution in [3.8, 4) is 11.5 Å². The van der Waals surface area contributed by atoms with Gasteiger partial charge in [-0.1, -0.05) is 19.9 Å². The van der Waals surface area contributed by atoms with Gasteiger partial charge in [-0.15, -0.1) is 0 Å². The maximum Gasteiger partial charge on any atom is 0.325 e. The standard InChI is InChI=1S/C18H23N3O5/c1-11(2)6-7-19-15(22)9-21-16(23)18(3,20-17(21)24)12-4-5-13-14(8-12)26-10-25-13/h4-5,8,11H,6-7,9-10H2,1-3H3,(H,19,22)(H,20,24). The van der Waals surface area contributed by atoms with Gasteiger partial charge in [0, 0.05) is 6.54 Å². The Labute approximate surface area is 151 Å². The quantitative estimate of drug-likeness (QED) is 0.746. The third kappa shape index (κ3) is 3.31. The van der Waals surface area contributed by atoms with Crippen LogP contribution in [0.5, 0.6) is 11.5 Å². The van der Waals surface area contributed by atoms with Crippen LogP contribution in [0.15, 0.2) is 18.2 Å². The van der Waals surface area contributed by atoms with E-state index in [0.717, 1.165) is 11.3 Å². The Bertz CT molecular complexity index is 748. The van der Waals surface area contributed by atoms with Crippen molar-refractivity contribution in [2.45, 2.75) is 32.7 Å². The fourth-order valence-corrected chi connectivity index (χ4v) is 2.94. The minimum absolute atomic E-state index is 0.123. The van der Waals surface area contributed by atoms with E-state index >= 15 is 0 Å². The number of nitrogens with zero attached hydrogens (tertiary/aromatic N) is 1. The number of rotatable bonds is 6. The molecule has 1 atom stereocenters. The van der Waals surface area contributed by atoms with Gasteiger partial charge in [0.2, 0.25) is 12.7 Å². The zero-order valence-corrected chi connectivity index (χ0v) is 15.1. The number of benzene rings is 1. The van der Waals surface area contributed by atoms with Gasteiger partial charge in [0.25, 0.3) is 5.91 Å². The molecule has 0 spiro atoms. The number of carbonyl (C=O) groups is 3. The van der Waals surface area contributed by atoms with E-state index in [2.05, 4.69) is 24.5 Å². The molecule has 8 heteroatoms. The summed E-state index contributed by atoms with van der Waals surface area (Å²) in [5.74, 6) is 0.747. The lowest BCUT2D eigenvalue weighted by atomic mass is 9.91. The van der Waals surface area contributed by atoms with Crippen molar-refractivity contribution in [3.05, 3.63) is 23.8 Å². The van der Waals surface area contributed by atoms with Gasteiger partial charge >= 0.3 is 6.03 Å². The Kier molecular flexibility index (Phi) is 4.76. The van der Waals surface area contributed by atoms with Crippen molar-refractivity contribution in [2.75, 3.05) is 19.9 Å². The third-order valence-corrected chi connectivity index (χ3v) is 4.57. The summed E-state index contributed by atoms with van der Waals surface area (Å²) in [5, 5.41) is 5.41. The molecule has 0 aliphatic carbocycles. The number of imide groups is 1. The van der Waals surface area contributed by atoms with Crippen LogP contribution in [0.2, 0.25) is 0 Å². The molecule has 0 saturated carbocycles. The van der Waals surface area contributed by atoms with Gasteiger partial charge in [0.15, 0.2) is 11.5 Å². The normalized spacial score (nSPS) is 21.3. The summed E-state index contributed by atoms with van der Waals surface area (Å²) in [6, 6.07) is 4.49. The molecule has 1 aromatic carbocycles. The molecule has 2 aliphatic rings. The highest BCUT2D eigenvalue weighted by molar-refractivity contribution is 6.09. The Morgan fingerprint density at radius 2 is 2.04 bits per heavy atom. The first-order valence-electron chi connectivity index (χ1n) is 8.62. The topological polar surface area (TPSA) is 97.0 Å². The number of carbonyl (C=O) groups excluding carboxylic acids is 3. The SMILES string of the molecule is CC(C)CCNC(=O)CN1C(=O)NC(C)(c2ccc3c(c2)OCO3)C1=O. The molecule has 1 fully saturated rings. The average molecular weight is 361 g/mol. The molecule has 8 nitrogen and oxygen atoms in total. The van der Waals surface area contributed by atoms with Crippen LogP contribution in [0.1, 0.15) is 32.8 Å². The molecular formula is C18H23N3O5. The van der Waals surface area contributed by atoms with E-state index in [4.69, 9.17) is 9.47 Å². The van der Waals surface area contributed by atoms with Gasteiger partial charge in [-0.3, -0.25) is 14.5 Å². The van der Waals surface area contributed by atoms with Crippen LogP contribution in [0, 0.1) is 5.92 Å². The fourth-order valence-electron chi connectivity index (χ4n) is 2.94. The molecule has 1 unspecified atom stereocenters. The highest BCUT2D eigenvalue weighted by atomic mass is 16.7. The second-order valence-corrected chi connectivity index (χ2v) is 7.05. The molecule has 2 aliphatic heterocycles. The first-order chi connectivity index (χ1) is 12.3. The highest BCUT2D eigenvalue weighted by Crippen LogP contribution is 2.37. The van der Waals surface area contributed by atoms with Crippen LogP contribution < -0.4 is 20.1 Å². The molecule has 1 saturated heterocycles. The van der Waals surface area contributed by atoms with E-state index < -0.39 is 17.5 Å². The molecule has 0 aromatic heterocycles. The van der Waals surface area contributed by atoms with Gasteiger partial charge in [0.1, 0.15) is 12.1 Å². The lowest BCUT2D eigenvalue weighted by Gasteiger charge is -2.22. The minimum atomic E-state index is -1.25. The molecule has 0 bridgehead atoms. The highest BCUT2D eigenvalue weighted by Gasteiger charge is 2.49. The number of amides is 4. The van der Waals surface area contributed by atoms with E-state index in [1.54, 1.807) is 25.1 Å². The molecule has 3 rings (SSSR count). The van der Waals surface area contributed by atoms with Crippen molar-refractivity contribution in [1.82, 2.24) is 15.5 Å². The zero-order chi connectivity index (χ0) is 18.9. The van der Waals surface area contributed by atoms with E-state index in [1.807, 2.05) is 0 Å². The number of nitrogens with one attached hydrogen (secondary N) is 2. The van der Waals surface area contributed by atoms with E-state index in [9.17, 15) is 14.4 Å². The predicted octanol–water partition coefficient (Wildman–Crippen LogP) is 1.34. The summed E-state index contributed by atoms with van der Waals surface area (Å²) in [5.41, 5.74) is -0.682. The van der Waals surface area contributed by atoms with Gasteiger partial charge in [-0.25, -0.2) is 4.79 Å². The minimum Gasteiger partial charge on any atom is -0.454 e. The Morgan fingerprint density at radius 1 is 1.31 bits per heavy atom.